The van der Waals surface area contributed by atoms with E-state index in [1.165, 1.54) is 11.1 Å². The van der Waals surface area contributed by atoms with Crippen molar-refractivity contribution < 1.29 is 9.53 Å². The minimum absolute atomic E-state index is 0. The maximum atomic E-state index is 12.1. The molecule has 1 saturated heterocycles. The van der Waals surface area contributed by atoms with Crippen LogP contribution in [0.2, 0.25) is 0 Å². The number of ether oxygens (including phenoxy) is 1. The molecule has 5 heteroatoms. The average molecular weight is 313 g/mol. The van der Waals surface area contributed by atoms with Gasteiger partial charge in [-0.05, 0) is 12.5 Å². The Hall–Kier alpha value is -1.10. The van der Waals surface area contributed by atoms with E-state index in [-0.39, 0.29) is 29.8 Å². The van der Waals surface area contributed by atoms with Gasteiger partial charge in [0.15, 0.2) is 0 Å². The summed E-state index contributed by atoms with van der Waals surface area (Å²) < 4.78 is 5.46. The van der Waals surface area contributed by atoms with Crippen molar-refractivity contribution >= 4 is 18.3 Å². The summed E-state index contributed by atoms with van der Waals surface area (Å²) in [7, 11) is 0. The number of carbonyl (C=O) groups excluding carboxylic acids is 1. The van der Waals surface area contributed by atoms with Crippen LogP contribution < -0.4 is 10.6 Å². The molecule has 1 aliphatic heterocycles. The van der Waals surface area contributed by atoms with Gasteiger partial charge in [0.25, 0.3) is 0 Å². The molecule has 0 spiro atoms. The molecule has 0 saturated carbocycles. The molecule has 1 aromatic rings. The van der Waals surface area contributed by atoms with Crippen LogP contribution in [-0.2, 0) is 14.9 Å². The lowest BCUT2D eigenvalue weighted by Gasteiger charge is -2.28. The first-order valence-electron chi connectivity index (χ1n) is 7.16. The Balaban J connectivity index is 0.00000220. The van der Waals surface area contributed by atoms with Gasteiger partial charge in [-0.1, -0.05) is 43.7 Å². The normalized spacial score (nSPS) is 18.7. The third-order valence-corrected chi connectivity index (χ3v) is 3.72. The molecular formula is C16H25ClN2O2. The second kappa shape index (κ2) is 7.78. The summed E-state index contributed by atoms with van der Waals surface area (Å²) in [5.41, 5.74) is 2.38. The number of aryl methyl sites for hydroxylation is 1. The third-order valence-electron chi connectivity index (χ3n) is 3.72. The second-order valence-electron chi connectivity index (χ2n) is 6.03. The highest BCUT2D eigenvalue weighted by Gasteiger charge is 2.25. The Morgan fingerprint density at radius 3 is 2.86 bits per heavy atom. The number of rotatable bonds is 4. The van der Waals surface area contributed by atoms with Crippen LogP contribution in [0, 0.1) is 6.92 Å². The first-order chi connectivity index (χ1) is 9.49. The highest BCUT2D eigenvalue weighted by molar-refractivity contribution is 5.85. The zero-order valence-corrected chi connectivity index (χ0v) is 13.8. The molecule has 0 bridgehead atoms. The molecule has 1 unspecified atom stereocenters. The molecule has 1 aromatic carbocycles. The number of hydrogen-bond acceptors (Lipinski definition) is 3. The molecule has 0 radical (unpaired) electrons. The average Bonchev–Trinajstić information content (AvgIpc) is 2.46. The van der Waals surface area contributed by atoms with E-state index in [1.807, 2.05) is 0 Å². The largest absolute Gasteiger partial charge is 0.366 e. The van der Waals surface area contributed by atoms with E-state index < -0.39 is 0 Å². The Bertz CT molecular complexity index is 471. The summed E-state index contributed by atoms with van der Waals surface area (Å²) in [5, 5.41) is 6.17. The summed E-state index contributed by atoms with van der Waals surface area (Å²) in [6.07, 6.45) is -0.364. The minimum Gasteiger partial charge on any atom is -0.366 e. The van der Waals surface area contributed by atoms with E-state index in [1.54, 1.807) is 0 Å². The molecule has 1 heterocycles. The second-order valence-corrected chi connectivity index (χ2v) is 6.03. The van der Waals surface area contributed by atoms with Crippen LogP contribution in [0.1, 0.15) is 25.0 Å². The van der Waals surface area contributed by atoms with Gasteiger partial charge < -0.3 is 15.4 Å². The maximum Gasteiger partial charge on any atom is 0.250 e. The van der Waals surface area contributed by atoms with E-state index in [2.05, 4.69) is 55.7 Å². The number of amides is 1. The number of morpholine rings is 1. The van der Waals surface area contributed by atoms with Crippen molar-refractivity contribution in [3.63, 3.8) is 0 Å². The molecule has 2 N–H and O–H groups in total. The van der Waals surface area contributed by atoms with Crippen LogP contribution in [-0.4, -0.2) is 38.3 Å². The van der Waals surface area contributed by atoms with E-state index >= 15 is 0 Å². The summed E-state index contributed by atoms with van der Waals surface area (Å²) in [4.78, 5) is 12.1. The summed E-state index contributed by atoms with van der Waals surface area (Å²) in [5.74, 6) is -0.0297. The van der Waals surface area contributed by atoms with Gasteiger partial charge in [0.2, 0.25) is 5.91 Å². The maximum absolute atomic E-state index is 12.1. The van der Waals surface area contributed by atoms with Crippen molar-refractivity contribution in [2.24, 2.45) is 0 Å². The van der Waals surface area contributed by atoms with Crippen molar-refractivity contribution in [2.75, 3.05) is 26.2 Å². The lowest BCUT2D eigenvalue weighted by Crippen LogP contribution is -2.49. The van der Waals surface area contributed by atoms with Crippen LogP contribution in [0.15, 0.2) is 24.3 Å². The van der Waals surface area contributed by atoms with Crippen LogP contribution in [0.3, 0.4) is 0 Å². The standard InChI is InChI=1S/C16H24N2O2.ClH/c1-12-5-4-6-13(9-12)16(2,3)11-18-15(19)14-10-17-7-8-20-14;/h4-6,9,14,17H,7-8,10-11H2,1-3H3,(H,18,19);1H. The predicted octanol–water partition coefficient (Wildman–Crippen LogP) is 1.80. The van der Waals surface area contributed by atoms with E-state index in [9.17, 15) is 4.79 Å². The molecule has 1 aliphatic rings. The van der Waals surface area contributed by atoms with Gasteiger partial charge in [-0.2, -0.15) is 0 Å². The predicted molar refractivity (Wildman–Crippen MR) is 87.1 cm³/mol. The zero-order valence-electron chi connectivity index (χ0n) is 12.9. The van der Waals surface area contributed by atoms with Crippen LogP contribution in [0.25, 0.3) is 0 Å². The Labute approximate surface area is 133 Å². The van der Waals surface area contributed by atoms with Gasteiger partial charge in [0.1, 0.15) is 6.10 Å². The Morgan fingerprint density at radius 1 is 1.48 bits per heavy atom. The van der Waals surface area contributed by atoms with Crippen LogP contribution in [0.5, 0.6) is 0 Å². The molecule has 1 amide bonds. The number of benzene rings is 1. The number of carbonyl (C=O) groups is 1. The SMILES string of the molecule is Cc1cccc(C(C)(C)CNC(=O)C2CNCCO2)c1.Cl. The monoisotopic (exact) mass is 312 g/mol. The van der Waals surface area contributed by atoms with Crippen molar-refractivity contribution in [3.05, 3.63) is 35.4 Å². The number of halogens is 1. The molecule has 118 valence electrons. The first-order valence-corrected chi connectivity index (χ1v) is 7.16. The topological polar surface area (TPSA) is 50.4 Å². The number of nitrogens with one attached hydrogen (secondary N) is 2. The zero-order chi connectivity index (χ0) is 14.6. The van der Waals surface area contributed by atoms with Gasteiger partial charge in [-0.3, -0.25) is 4.79 Å². The molecule has 1 atom stereocenters. The van der Waals surface area contributed by atoms with E-state index in [4.69, 9.17) is 4.74 Å². The molecule has 21 heavy (non-hydrogen) atoms. The molecule has 2 rings (SSSR count). The fourth-order valence-electron chi connectivity index (χ4n) is 2.32. The van der Waals surface area contributed by atoms with Crippen LogP contribution >= 0.6 is 12.4 Å². The van der Waals surface area contributed by atoms with Crippen molar-refractivity contribution in [2.45, 2.75) is 32.3 Å². The molecule has 0 aromatic heterocycles. The van der Waals surface area contributed by atoms with Crippen LogP contribution in [0.4, 0.5) is 0 Å². The highest BCUT2D eigenvalue weighted by atomic mass is 35.5. The highest BCUT2D eigenvalue weighted by Crippen LogP contribution is 2.23. The molecule has 1 fully saturated rings. The van der Waals surface area contributed by atoms with Crippen molar-refractivity contribution in [1.82, 2.24) is 10.6 Å². The fourth-order valence-corrected chi connectivity index (χ4v) is 2.32. The lowest BCUT2D eigenvalue weighted by atomic mass is 9.84. The Kier molecular flexibility index (Phi) is 6.65. The summed E-state index contributed by atoms with van der Waals surface area (Å²) in [6.45, 7) is 8.98. The quantitative estimate of drug-likeness (QED) is 0.891. The van der Waals surface area contributed by atoms with E-state index in [0.29, 0.717) is 19.7 Å². The first kappa shape index (κ1) is 18.0. The fraction of sp³-hybridized carbons (Fsp3) is 0.562. The molecule has 0 aliphatic carbocycles. The van der Waals surface area contributed by atoms with Gasteiger partial charge in [-0.25, -0.2) is 0 Å². The summed E-state index contributed by atoms with van der Waals surface area (Å²) >= 11 is 0. The minimum atomic E-state index is -0.364. The van der Waals surface area contributed by atoms with Gasteiger partial charge in [0, 0.05) is 25.0 Å². The lowest BCUT2D eigenvalue weighted by molar-refractivity contribution is -0.134. The van der Waals surface area contributed by atoms with Crippen molar-refractivity contribution in [3.8, 4) is 0 Å². The van der Waals surface area contributed by atoms with Gasteiger partial charge in [0.05, 0.1) is 6.61 Å². The number of hydrogen-bond donors (Lipinski definition) is 2. The smallest absolute Gasteiger partial charge is 0.250 e. The summed E-state index contributed by atoms with van der Waals surface area (Å²) in [6, 6.07) is 8.42. The third kappa shape index (κ3) is 4.99. The molecular weight excluding hydrogens is 288 g/mol. The Morgan fingerprint density at radius 2 is 2.24 bits per heavy atom. The van der Waals surface area contributed by atoms with Gasteiger partial charge >= 0.3 is 0 Å². The van der Waals surface area contributed by atoms with Crippen molar-refractivity contribution in [1.29, 1.82) is 0 Å². The molecule has 4 nitrogen and oxygen atoms in total. The van der Waals surface area contributed by atoms with Gasteiger partial charge in [-0.15, -0.1) is 12.4 Å². The van der Waals surface area contributed by atoms with E-state index in [0.717, 1.165) is 6.54 Å².